The Morgan fingerprint density at radius 3 is 1.13 bits per heavy atom. The van der Waals surface area contributed by atoms with Crippen molar-refractivity contribution in [2.45, 2.75) is 0 Å². The lowest BCUT2D eigenvalue weighted by Crippen LogP contribution is -2.29. The number of rotatable bonds is 5. The summed E-state index contributed by atoms with van der Waals surface area (Å²) in [6.45, 7) is 0. The topological polar surface area (TPSA) is 7.76 Å². The van der Waals surface area contributed by atoms with Crippen molar-refractivity contribution in [1.29, 1.82) is 0 Å². The van der Waals surface area contributed by atoms with Crippen molar-refractivity contribution in [3.05, 3.63) is 109 Å². The van der Waals surface area contributed by atoms with Gasteiger partial charge >= 0.3 is 0 Å². The lowest BCUT2D eigenvalue weighted by Gasteiger charge is -2.02. The zero-order chi connectivity index (χ0) is 20.8. The van der Waals surface area contributed by atoms with Gasteiger partial charge in [-0.3, -0.25) is 0 Å². The zero-order valence-corrected chi connectivity index (χ0v) is 17.7. The molecule has 4 aromatic rings. The van der Waals surface area contributed by atoms with Crippen LogP contribution < -0.4 is 9.13 Å². The molecule has 2 heterocycles. The Hall–Kier alpha value is -3.52. The van der Waals surface area contributed by atoms with Gasteiger partial charge < -0.3 is 0 Å². The van der Waals surface area contributed by atoms with Crippen LogP contribution in [0, 0.1) is 0 Å². The molecule has 0 amide bonds. The fourth-order valence-corrected chi connectivity index (χ4v) is 3.48. The number of nitrogens with zero attached hydrogens (tertiary/aromatic N) is 2. The van der Waals surface area contributed by atoms with Gasteiger partial charge in [0.25, 0.3) is 0 Å². The maximum atomic E-state index is 4.75. The maximum Gasteiger partial charge on any atom is 0.210 e. The van der Waals surface area contributed by atoms with Gasteiger partial charge in [0.15, 0.2) is 24.8 Å². The van der Waals surface area contributed by atoms with Crippen LogP contribution in [0.1, 0.15) is 11.1 Å². The van der Waals surface area contributed by atoms with Crippen LogP contribution >= 0.6 is 24.4 Å². The Labute approximate surface area is 186 Å². The summed E-state index contributed by atoms with van der Waals surface area (Å²) in [5, 5.41) is 5.27. The molecule has 0 fully saturated rings. The second-order valence-electron chi connectivity index (χ2n) is 6.70. The van der Waals surface area contributed by atoms with E-state index in [0.717, 1.165) is 22.5 Å². The van der Waals surface area contributed by atoms with Crippen LogP contribution in [0.15, 0.2) is 97.6 Å². The highest BCUT2D eigenvalue weighted by molar-refractivity contribution is 7.78. The van der Waals surface area contributed by atoms with Crippen molar-refractivity contribution in [2.24, 2.45) is 0 Å². The molecule has 0 aliphatic carbocycles. The van der Waals surface area contributed by atoms with Crippen molar-refractivity contribution in [3.63, 3.8) is 0 Å². The fourth-order valence-electron chi connectivity index (χ4n) is 3.20. The van der Waals surface area contributed by atoms with E-state index in [0.29, 0.717) is 0 Å². The molecule has 0 bridgehead atoms. The highest BCUT2D eigenvalue weighted by Crippen LogP contribution is 2.17. The van der Waals surface area contributed by atoms with Gasteiger partial charge in [-0.25, -0.2) is 0 Å². The molecule has 2 aromatic carbocycles. The molecule has 0 saturated heterocycles. The smallest absolute Gasteiger partial charge is 0.167 e. The van der Waals surface area contributed by atoms with Crippen LogP contribution in [0.3, 0.4) is 0 Å². The SMILES string of the molecule is S=C=Cc1ccc(-[n+]2ccc(-c3cc[n+](-c4ccc(C=C=S)cc4)cc3)cc2)cc1. The normalized spacial score (nSPS) is 10.0. The van der Waals surface area contributed by atoms with E-state index in [2.05, 4.69) is 92.5 Å². The summed E-state index contributed by atoms with van der Waals surface area (Å²) in [4.78, 5) is 0. The predicted octanol–water partition coefficient (Wildman–Crippen LogP) is 5.13. The predicted molar refractivity (Wildman–Crippen MR) is 129 cm³/mol. The minimum Gasteiger partial charge on any atom is -0.167 e. The van der Waals surface area contributed by atoms with Gasteiger partial charge in [0, 0.05) is 48.5 Å². The third-order valence-corrected chi connectivity index (χ3v) is 5.06. The maximum absolute atomic E-state index is 4.75. The molecular formula is C26H18N2S2+2. The zero-order valence-electron chi connectivity index (χ0n) is 16.1. The Bertz CT molecular complexity index is 1140. The number of hydrogen-bond acceptors (Lipinski definition) is 2. The first-order valence-electron chi connectivity index (χ1n) is 9.42. The van der Waals surface area contributed by atoms with Crippen molar-refractivity contribution in [2.75, 3.05) is 0 Å². The Kier molecular flexibility index (Phi) is 6.14. The van der Waals surface area contributed by atoms with Gasteiger partial charge in [-0.1, -0.05) is 0 Å². The average molecular weight is 423 g/mol. The molecule has 4 heteroatoms. The molecule has 30 heavy (non-hydrogen) atoms. The summed E-state index contributed by atoms with van der Waals surface area (Å²) in [5.41, 5.74) is 6.63. The van der Waals surface area contributed by atoms with Crippen molar-refractivity contribution < 1.29 is 9.13 Å². The van der Waals surface area contributed by atoms with Gasteiger partial charge in [0.1, 0.15) is 0 Å². The van der Waals surface area contributed by atoms with Crippen LogP contribution in [0.2, 0.25) is 0 Å². The number of hydrogen-bond donors (Lipinski definition) is 0. The molecule has 0 aliphatic rings. The van der Waals surface area contributed by atoms with E-state index in [-0.39, 0.29) is 0 Å². The summed E-state index contributed by atoms with van der Waals surface area (Å²) in [6, 6.07) is 24.9. The molecule has 2 aromatic heterocycles. The average Bonchev–Trinajstić information content (AvgIpc) is 2.81. The number of aromatic nitrogens is 2. The largest absolute Gasteiger partial charge is 0.210 e. The lowest BCUT2D eigenvalue weighted by atomic mass is 10.1. The third kappa shape index (κ3) is 4.55. The summed E-state index contributed by atoms with van der Waals surface area (Å²) in [6.07, 6.45) is 11.9. The van der Waals surface area contributed by atoms with E-state index >= 15 is 0 Å². The molecular weight excluding hydrogens is 404 g/mol. The standard InChI is InChI=1S/C26H18N2S2/c29-19-13-21-1-5-25(6-2-21)27-15-9-23(10-16-27)24-11-17-28(18-12-24)26-7-3-22(4-8-26)14-20-30/h1-18H/q+2. The first-order valence-corrected chi connectivity index (χ1v) is 10.2. The molecule has 0 saturated carbocycles. The minimum absolute atomic E-state index is 1.05. The van der Waals surface area contributed by atoms with E-state index in [1.807, 2.05) is 24.3 Å². The quantitative estimate of drug-likeness (QED) is 0.325. The molecule has 0 atom stereocenters. The van der Waals surface area contributed by atoms with E-state index in [4.69, 9.17) is 24.4 Å². The second kappa shape index (κ2) is 9.32. The van der Waals surface area contributed by atoms with Crippen LogP contribution in [0.5, 0.6) is 0 Å². The minimum atomic E-state index is 1.05. The van der Waals surface area contributed by atoms with Gasteiger partial charge in [0.2, 0.25) is 11.4 Å². The molecule has 4 rings (SSSR count). The van der Waals surface area contributed by atoms with Gasteiger partial charge in [-0.2, -0.15) is 9.13 Å². The van der Waals surface area contributed by atoms with Gasteiger partial charge in [0.05, 0.1) is 0 Å². The fraction of sp³-hybridized carbons (Fsp3) is 0. The van der Waals surface area contributed by atoms with Crippen molar-refractivity contribution >= 4 is 46.6 Å². The molecule has 0 unspecified atom stereocenters. The number of benzene rings is 2. The molecule has 0 aliphatic heterocycles. The van der Waals surface area contributed by atoms with Crippen LogP contribution in [0.4, 0.5) is 0 Å². The van der Waals surface area contributed by atoms with E-state index in [1.54, 1.807) is 12.2 Å². The number of thiocarbonyl (C=S) groups is 2. The summed E-state index contributed by atoms with van der Waals surface area (Å²) in [7, 11) is 0. The summed E-state index contributed by atoms with van der Waals surface area (Å²) >= 11 is 9.50. The third-order valence-electron chi connectivity index (χ3n) is 4.83. The van der Waals surface area contributed by atoms with Crippen LogP contribution in [0.25, 0.3) is 34.7 Å². The van der Waals surface area contributed by atoms with E-state index in [1.165, 1.54) is 11.1 Å². The first kappa shape index (κ1) is 19.8. The van der Waals surface area contributed by atoms with Crippen molar-refractivity contribution in [1.82, 2.24) is 0 Å². The highest BCUT2D eigenvalue weighted by atomic mass is 32.1. The second-order valence-corrected chi connectivity index (χ2v) is 7.17. The van der Waals surface area contributed by atoms with Gasteiger partial charge in [-0.15, -0.1) is 0 Å². The van der Waals surface area contributed by atoms with Gasteiger partial charge in [-0.05, 0) is 93.2 Å². The lowest BCUT2D eigenvalue weighted by molar-refractivity contribution is -0.596. The highest BCUT2D eigenvalue weighted by Gasteiger charge is 2.09. The van der Waals surface area contributed by atoms with E-state index in [9.17, 15) is 0 Å². The molecule has 2 nitrogen and oxygen atoms in total. The summed E-state index contributed by atoms with van der Waals surface area (Å²) in [5.74, 6) is 0. The summed E-state index contributed by atoms with van der Waals surface area (Å²) < 4.78 is 4.18. The molecule has 0 radical (unpaired) electrons. The first-order chi connectivity index (χ1) is 14.8. The molecule has 0 spiro atoms. The molecule has 0 N–H and O–H groups in total. The Morgan fingerprint density at radius 1 is 0.500 bits per heavy atom. The Balaban J connectivity index is 1.52. The van der Waals surface area contributed by atoms with Crippen LogP contribution in [-0.2, 0) is 0 Å². The van der Waals surface area contributed by atoms with Crippen molar-refractivity contribution in [3.8, 4) is 22.5 Å². The Morgan fingerprint density at radius 2 is 0.833 bits per heavy atom. The number of pyridine rings is 2. The van der Waals surface area contributed by atoms with E-state index < -0.39 is 0 Å². The molecule has 142 valence electrons. The monoisotopic (exact) mass is 422 g/mol. The van der Waals surface area contributed by atoms with Crippen LogP contribution in [-0.4, -0.2) is 10.0 Å².